The number of piperazine rings is 1. The Kier molecular flexibility index (Phi) is 10.4. The molecule has 250 valence electrons. The summed E-state index contributed by atoms with van der Waals surface area (Å²) in [5.74, 6) is 1.22. The van der Waals surface area contributed by atoms with Gasteiger partial charge in [-0.2, -0.15) is 18.2 Å². The zero-order valence-corrected chi connectivity index (χ0v) is 28.6. The SMILES string of the molecule is COc1cc(N2CCC(N3CCN(C(F)(F)F)CC3)CC2)c(C)cc1Nc1ncc(Br)c(Nc2cc(Cl)ccc2NS(C)(=O)=O)n1. The zero-order chi connectivity index (χ0) is 33.2. The minimum Gasteiger partial charge on any atom is -0.494 e. The van der Waals surface area contributed by atoms with E-state index in [0.717, 1.165) is 43.4 Å². The van der Waals surface area contributed by atoms with E-state index in [-0.39, 0.29) is 25.1 Å². The number of alkyl halides is 3. The second kappa shape index (κ2) is 14.0. The van der Waals surface area contributed by atoms with Crippen molar-refractivity contribution in [3.8, 4) is 5.75 Å². The highest BCUT2D eigenvalue weighted by Gasteiger charge is 2.40. The molecule has 3 heterocycles. The minimum atomic E-state index is -4.27. The first-order valence-electron chi connectivity index (χ1n) is 14.5. The summed E-state index contributed by atoms with van der Waals surface area (Å²) in [5, 5.41) is 6.74. The standard InChI is InChI=1S/C29H35BrClF3N8O3S/c1-18-14-24(37-28-35-17-21(30)27(38-28)36-23-15-19(31)4-5-22(23)39-46(3,43)44)26(45-2)16-25(18)41-8-6-20(7-9-41)40-10-12-42(13-11-40)29(32,33)34/h4-5,14-17,20,39H,6-13H2,1-3H3,(H2,35,36,37,38). The second-order valence-corrected chi connectivity index (χ2v) is 14.3. The van der Waals surface area contributed by atoms with Gasteiger partial charge in [0.15, 0.2) is 0 Å². The molecule has 0 radical (unpaired) electrons. The van der Waals surface area contributed by atoms with E-state index in [4.69, 9.17) is 16.3 Å². The average Bonchev–Trinajstić information content (AvgIpc) is 2.99. The second-order valence-electron chi connectivity index (χ2n) is 11.3. The van der Waals surface area contributed by atoms with Gasteiger partial charge in [0.05, 0.1) is 34.9 Å². The summed E-state index contributed by atoms with van der Waals surface area (Å²) in [6.45, 7) is 4.44. The number of benzene rings is 2. The van der Waals surface area contributed by atoms with Gasteiger partial charge < -0.3 is 20.3 Å². The number of nitrogens with one attached hydrogen (secondary N) is 3. The number of aryl methyl sites for hydroxylation is 1. The van der Waals surface area contributed by atoms with Crippen LogP contribution in [0.5, 0.6) is 5.75 Å². The van der Waals surface area contributed by atoms with Gasteiger partial charge >= 0.3 is 6.30 Å². The van der Waals surface area contributed by atoms with Crippen molar-refractivity contribution in [2.45, 2.75) is 32.1 Å². The molecule has 0 saturated carbocycles. The zero-order valence-electron chi connectivity index (χ0n) is 25.5. The number of halogens is 5. The summed E-state index contributed by atoms with van der Waals surface area (Å²) in [7, 11) is -1.97. The molecule has 3 aromatic rings. The summed E-state index contributed by atoms with van der Waals surface area (Å²) < 4.78 is 71.6. The van der Waals surface area contributed by atoms with E-state index in [1.165, 1.54) is 0 Å². The molecule has 3 N–H and O–H groups in total. The fourth-order valence-electron chi connectivity index (χ4n) is 5.77. The van der Waals surface area contributed by atoms with Gasteiger partial charge in [0.25, 0.3) is 0 Å². The molecule has 2 saturated heterocycles. The molecule has 2 aliphatic heterocycles. The highest BCUT2D eigenvalue weighted by Crippen LogP contribution is 2.37. The molecule has 11 nitrogen and oxygen atoms in total. The van der Waals surface area contributed by atoms with E-state index in [9.17, 15) is 21.6 Å². The van der Waals surface area contributed by atoms with Crippen molar-refractivity contribution in [2.75, 3.05) is 72.9 Å². The number of aromatic nitrogens is 2. The number of hydrogen-bond acceptors (Lipinski definition) is 10. The maximum atomic E-state index is 13.0. The Balaban J connectivity index is 1.27. The highest BCUT2D eigenvalue weighted by atomic mass is 79.9. The molecular formula is C29H35BrClF3N8O3S. The lowest BCUT2D eigenvalue weighted by Gasteiger charge is -2.43. The van der Waals surface area contributed by atoms with Crippen LogP contribution in [0, 0.1) is 6.92 Å². The first-order valence-corrected chi connectivity index (χ1v) is 17.6. The lowest BCUT2D eigenvalue weighted by Crippen LogP contribution is -2.56. The van der Waals surface area contributed by atoms with Crippen molar-refractivity contribution in [1.29, 1.82) is 0 Å². The average molecular weight is 748 g/mol. The Bertz CT molecular complexity index is 1670. The summed E-state index contributed by atoms with van der Waals surface area (Å²) >= 11 is 9.63. The molecule has 46 heavy (non-hydrogen) atoms. The molecule has 0 spiro atoms. The number of methoxy groups -OCH3 is 1. The molecule has 0 atom stereocenters. The van der Waals surface area contributed by atoms with Crippen LogP contribution in [0.1, 0.15) is 18.4 Å². The Morgan fingerprint density at radius 2 is 1.70 bits per heavy atom. The first-order chi connectivity index (χ1) is 21.7. The summed E-state index contributed by atoms with van der Waals surface area (Å²) in [5.41, 5.74) is 3.37. The molecule has 2 aromatic carbocycles. The van der Waals surface area contributed by atoms with Gasteiger partial charge in [0.1, 0.15) is 11.6 Å². The Morgan fingerprint density at radius 3 is 2.33 bits per heavy atom. The lowest BCUT2D eigenvalue weighted by atomic mass is 10.0. The van der Waals surface area contributed by atoms with Gasteiger partial charge in [-0.25, -0.2) is 18.3 Å². The van der Waals surface area contributed by atoms with Crippen LogP contribution >= 0.6 is 27.5 Å². The highest BCUT2D eigenvalue weighted by molar-refractivity contribution is 9.10. The topological polar surface area (TPSA) is 115 Å². The molecule has 0 bridgehead atoms. The molecule has 0 unspecified atom stereocenters. The molecule has 0 aliphatic carbocycles. The number of anilines is 6. The van der Waals surface area contributed by atoms with Crippen molar-refractivity contribution in [3.63, 3.8) is 0 Å². The maximum absolute atomic E-state index is 13.0. The van der Waals surface area contributed by atoms with Crippen LogP contribution in [-0.2, 0) is 10.0 Å². The van der Waals surface area contributed by atoms with Crippen molar-refractivity contribution in [3.05, 3.63) is 51.6 Å². The van der Waals surface area contributed by atoms with Gasteiger partial charge in [-0.3, -0.25) is 9.62 Å². The summed E-state index contributed by atoms with van der Waals surface area (Å²) in [6.07, 6.45) is 0.0839. The molecule has 0 amide bonds. The van der Waals surface area contributed by atoms with E-state index in [1.54, 1.807) is 31.5 Å². The molecule has 1 aromatic heterocycles. The molecule has 17 heteroatoms. The number of ether oxygens (including phenoxy) is 1. The van der Waals surface area contributed by atoms with Crippen LogP contribution in [0.4, 0.5) is 47.7 Å². The Morgan fingerprint density at radius 1 is 1.00 bits per heavy atom. The van der Waals surface area contributed by atoms with E-state index in [1.807, 2.05) is 19.1 Å². The molecule has 2 fully saturated rings. The van der Waals surface area contributed by atoms with Crippen LogP contribution in [-0.4, -0.2) is 93.2 Å². The molecule has 5 rings (SSSR count). The normalized spacial score (nSPS) is 17.2. The third-order valence-corrected chi connectivity index (χ3v) is 9.44. The van der Waals surface area contributed by atoms with Crippen molar-refractivity contribution < 1.29 is 26.3 Å². The fraction of sp³-hybridized carbons (Fsp3) is 0.448. The smallest absolute Gasteiger partial charge is 0.460 e. The predicted molar refractivity (Wildman–Crippen MR) is 178 cm³/mol. The van der Waals surface area contributed by atoms with Gasteiger partial charge in [-0.05, 0) is 65.5 Å². The number of sulfonamides is 1. The molecule has 2 aliphatic rings. The summed E-state index contributed by atoms with van der Waals surface area (Å²) in [4.78, 5) is 14.0. The van der Waals surface area contributed by atoms with Crippen LogP contribution in [0.3, 0.4) is 0 Å². The quantitative estimate of drug-likeness (QED) is 0.220. The van der Waals surface area contributed by atoms with Crippen LogP contribution in [0.25, 0.3) is 0 Å². The Hall–Kier alpha value is -3.05. The largest absolute Gasteiger partial charge is 0.494 e. The van der Waals surface area contributed by atoms with E-state index in [0.29, 0.717) is 56.1 Å². The van der Waals surface area contributed by atoms with Gasteiger partial charge in [-0.15, -0.1) is 0 Å². The van der Waals surface area contributed by atoms with Crippen LogP contribution in [0.15, 0.2) is 41.0 Å². The van der Waals surface area contributed by atoms with Crippen molar-refractivity contribution >= 4 is 72.1 Å². The van der Waals surface area contributed by atoms with E-state index >= 15 is 0 Å². The van der Waals surface area contributed by atoms with E-state index in [2.05, 4.69) is 51.1 Å². The van der Waals surface area contributed by atoms with E-state index < -0.39 is 16.3 Å². The predicted octanol–water partition coefficient (Wildman–Crippen LogP) is 6.17. The lowest BCUT2D eigenvalue weighted by molar-refractivity contribution is -0.253. The number of nitrogens with zero attached hydrogens (tertiary/aromatic N) is 5. The third-order valence-electron chi connectivity index (χ3n) is 8.03. The third kappa shape index (κ3) is 8.45. The fourth-order valence-corrected chi connectivity index (χ4v) is 6.81. The van der Waals surface area contributed by atoms with Crippen LogP contribution < -0.4 is 25.0 Å². The Labute approximate surface area is 279 Å². The summed E-state index contributed by atoms with van der Waals surface area (Å²) in [6, 6.07) is 8.89. The van der Waals surface area contributed by atoms with Gasteiger partial charge in [-0.1, -0.05) is 11.6 Å². The monoisotopic (exact) mass is 746 g/mol. The number of rotatable bonds is 9. The number of hydrogen-bond donors (Lipinski definition) is 3. The van der Waals surface area contributed by atoms with Crippen molar-refractivity contribution in [1.82, 2.24) is 19.8 Å². The van der Waals surface area contributed by atoms with Crippen LogP contribution in [0.2, 0.25) is 5.02 Å². The maximum Gasteiger partial charge on any atom is 0.460 e. The molecular weight excluding hydrogens is 713 g/mol. The van der Waals surface area contributed by atoms with Gasteiger partial charge in [0, 0.05) is 68.3 Å². The first kappa shape index (κ1) is 34.3. The van der Waals surface area contributed by atoms with Crippen molar-refractivity contribution in [2.24, 2.45) is 0 Å². The minimum absolute atomic E-state index is 0.0101. The number of piperidine rings is 1. The van der Waals surface area contributed by atoms with Gasteiger partial charge in [0.2, 0.25) is 16.0 Å².